The molecule has 1 saturated heterocycles. The minimum atomic E-state index is 0.716. The van der Waals surface area contributed by atoms with Crippen LogP contribution in [0.2, 0.25) is 0 Å². The Labute approximate surface area is 104 Å². The van der Waals surface area contributed by atoms with Crippen molar-refractivity contribution in [2.75, 3.05) is 32.0 Å². The van der Waals surface area contributed by atoms with Crippen LogP contribution in [0.3, 0.4) is 0 Å². The third-order valence-corrected chi connectivity index (χ3v) is 3.65. The Morgan fingerprint density at radius 1 is 1.24 bits per heavy atom. The third kappa shape index (κ3) is 3.13. The number of benzene rings is 1. The lowest BCUT2D eigenvalue weighted by Crippen LogP contribution is -2.26. The number of ether oxygens (including phenoxy) is 1. The van der Waals surface area contributed by atoms with Crippen LogP contribution in [0.4, 0.5) is 5.69 Å². The Morgan fingerprint density at radius 3 is 2.53 bits per heavy atom. The van der Waals surface area contributed by atoms with Gasteiger partial charge in [-0.1, -0.05) is 26.0 Å². The zero-order chi connectivity index (χ0) is 12.3. The topological polar surface area (TPSA) is 38.5 Å². The number of nitrogen functional groups attached to an aromatic ring is 1. The molecule has 2 N–H and O–H groups in total. The number of nitrogens with zero attached hydrogens (tertiary/aromatic N) is 1. The second kappa shape index (κ2) is 5.41. The summed E-state index contributed by atoms with van der Waals surface area (Å²) in [6, 6.07) is 7.66. The van der Waals surface area contributed by atoms with E-state index in [1.54, 1.807) is 0 Å². The van der Waals surface area contributed by atoms with Crippen LogP contribution < -0.4 is 10.5 Å². The van der Waals surface area contributed by atoms with Gasteiger partial charge in [0, 0.05) is 19.6 Å². The first-order valence-corrected chi connectivity index (χ1v) is 6.36. The van der Waals surface area contributed by atoms with Gasteiger partial charge in [-0.05, 0) is 24.0 Å². The molecule has 0 radical (unpaired) electrons. The average molecular weight is 234 g/mol. The van der Waals surface area contributed by atoms with Gasteiger partial charge in [-0.3, -0.25) is 4.90 Å². The SMILES string of the molecule is CC1CN(CCOc2ccccc2N)CC1C. The summed E-state index contributed by atoms with van der Waals surface area (Å²) in [5.74, 6) is 2.40. The predicted molar refractivity (Wildman–Crippen MR) is 71.1 cm³/mol. The number of nitrogens with two attached hydrogens (primary N) is 1. The Balaban J connectivity index is 1.75. The molecular formula is C14H22N2O. The monoisotopic (exact) mass is 234 g/mol. The molecule has 17 heavy (non-hydrogen) atoms. The van der Waals surface area contributed by atoms with Gasteiger partial charge in [0.2, 0.25) is 0 Å². The van der Waals surface area contributed by atoms with Gasteiger partial charge in [0.15, 0.2) is 0 Å². The van der Waals surface area contributed by atoms with Gasteiger partial charge < -0.3 is 10.5 Å². The summed E-state index contributed by atoms with van der Waals surface area (Å²) in [5, 5.41) is 0. The highest BCUT2D eigenvalue weighted by Gasteiger charge is 2.25. The number of para-hydroxylation sites is 2. The normalized spacial score (nSPS) is 25.1. The van der Waals surface area contributed by atoms with E-state index in [1.807, 2.05) is 24.3 Å². The van der Waals surface area contributed by atoms with Crippen LogP contribution in [-0.2, 0) is 0 Å². The van der Waals surface area contributed by atoms with Crippen molar-refractivity contribution >= 4 is 5.69 Å². The van der Waals surface area contributed by atoms with Crippen LogP contribution in [0.1, 0.15) is 13.8 Å². The maximum Gasteiger partial charge on any atom is 0.142 e. The van der Waals surface area contributed by atoms with E-state index in [9.17, 15) is 0 Å². The van der Waals surface area contributed by atoms with Gasteiger partial charge >= 0.3 is 0 Å². The van der Waals surface area contributed by atoms with E-state index in [2.05, 4.69) is 18.7 Å². The predicted octanol–water partition coefficient (Wildman–Crippen LogP) is 2.24. The van der Waals surface area contributed by atoms with Crippen LogP contribution in [-0.4, -0.2) is 31.1 Å². The van der Waals surface area contributed by atoms with Gasteiger partial charge in [0.05, 0.1) is 5.69 Å². The fraction of sp³-hybridized carbons (Fsp3) is 0.571. The molecule has 0 bridgehead atoms. The van der Waals surface area contributed by atoms with Crippen LogP contribution in [0.25, 0.3) is 0 Å². The summed E-state index contributed by atoms with van der Waals surface area (Å²) in [7, 11) is 0. The molecule has 2 rings (SSSR count). The van der Waals surface area contributed by atoms with Crippen molar-refractivity contribution in [3.05, 3.63) is 24.3 Å². The van der Waals surface area contributed by atoms with Gasteiger partial charge in [0.25, 0.3) is 0 Å². The number of anilines is 1. The maximum atomic E-state index is 5.82. The van der Waals surface area contributed by atoms with Crippen LogP contribution in [0, 0.1) is 11.8 Å². The summed E-state index contributed by atoms with van der Waals surface area (Å²) in [6.07, 6.45) is 0. The molecule has 94 valence electrons. The molecule has 1 aliphatic rings. The van der Waals surface area contributed by atoms with Gasteiger partial charge in [-0.15, -0.1) is 0 Å². The maximum absolute atomic E-state index is 5.82. The van der Waals surface area contributed by atoms with Crippen LogP contribution in [0.5, 0.6) is 5.75 Å². The highest BCUT2D eigenvalue weighted by atomic mass is 16.5. The molecule has 1 aliphatic heterocycles. The van der Waals surface area contributed by atoms with Crippen molar-refractivity contribution in [1.29, 1.82) is 0 Å². The fourth-order valence-electron chi connectivity index (χ4n) is 2.33. The van der Waals surface area contributed by atoms with Crippen molar-refractivity contribution in [2.24, 2.45) is 11.8 Å². The lowest BCUT2D eigenvalue weighted by atomic mass is 10.0. The highest BCUT2D eigenvalue weighted by molar-refractivity contribution is 5.51. The molecule has 0 saturated carbocycles. The van der Waals surface area contributed by atoms with E-state index in [0.29, 0.717) is 6.61 Å². The zero-order valence-electron chi connectivity index (χ0n) is 10.7. The molecule has 1 aromatic carbocycles. The van der Waals surface area contributed by atoms with E-state index in [0.717, 1.165) is 29.8 Å². The molecule has 2 atom stereocenters. The first-order chi connectivity index (χ1) is 8.16. The third-order valence-electron chi connectivity index (χ3n) is 3.65. The largest absolute Gasteiger partial charge is 0.490 e. The standard InChI is InChI=1S/C14H22N2O/c1-11-9-16(10-12(11)2)7-8-17-14-6-4-3-5-13(14)15/h3-6,11-12H,7-10,15H2,1-2H3. The first-order valence-electron chi connectivity index (χ1n) is 6.36. The van der Waals surface area contributed by atoms with E-state index < -0.39 is 0 Å². The van der Waals surface area contributed by atoms with Crippen molar-refractivity contribution < 1.29 is 4.74 Å². The molecule has 0 aliphatic carbocycles. The summed E-state index contributed by atoms with van der Waals surface area (Å²) in [5.41, 5.74) is 6.54. The molecule has 0 amide bonds. The molecule has 1 fully saturated rings. The van der Waals surface area contributed by atoms with Crippen molar-refractivity contribution in [3.8, 4) is 5.75 Å². The second-order valence-corrected chi connectivity index (χ2v) is 5.10. The summed E-state index contributed by atoms with van der Waals surface area (Å²) in [4.78, 5) is 2.47. The second-order valence-electron chi connectivity index (χ2n) is 5.10. The van der Waals surface area contributed by atoms with E-state index in [1.165, 1.54) is 13.1 Å². The number of hydrogen-bond acceptors (Lipinski definition) is 3. The Morgan fingerprint density at radius 2 is 1.88 bits per heavy atom. The average Bonchev–Trinajstić information content (AvgIpc) is 2.61. The quantitative estimate of drug-likeness (QED) is 0.812. The van der Waals surface area contributed by atoms with E-state index >= 15 is 0 Å². The molecule has 2 unspecified atom stereocenters. The molecule has 1 aromatic rings. The minimum Gasteiger partial charge on any atom is -0.490 e. The lowest BCUT2D eigenvalue weighted by Gasteiger charge is -2.16. The van der Waals surface area contributed by atoms with Crippen molar-refractivity contribution in [2.45, 2.75) is 13.8 Å². The van der Waals surface area contributed by atoms with Gasteiger partial charge in [-0.2, -0.15) is 0 Å². The summed E-state index contributed by atoms with van der Waals surface area (Å²) < 4.78 is 5.70. The van der Waals surface area contributed by atoms with E-state index in [4.69, 9.17) is 10.5 Å². The molecule has 0 aromatic heterocycles. The molecular weight excluding hydrogens is 212 g/mol. The number of hydrogen-bond donors (Lipinski definition) is 1. The zero-order valence-corrected chi connectivity index (χ0v) is 10.7. The van der Waals surface area contributed by atoms with Gasteiger partial charge in [0.1, 0.15) is 12.4 Å². The molecule has 3 heteroatoms. The Kier molecular flexibility index (Phi) is 3.89. The van der Waals surface area contributed by atoms with E-state index in [-0.39, 0.29) is 0 Å². The van der Waals surface area contributed by atoms with Crippen LogP contribution in [0.15, 0.2) is 24.3 Å². The lowest BCUT2D eigenvalue weighted by molar-refractivity contribution is 0.232. The molecule has 1 heterocycles. The molecule has 3 nitrogen and oxygen atoms in total. The highest BCUT2D eigenvalue weighted by Crippen LogP contribution is 2.22. The number of likely N-dealkylation sites (tertiary alicyclic amines) is 1. The smallest absolute Gasteiger partial charge is 0.142 e. The molecule has 0 spiro atoms. The number of rotatable bonds is 4. The Hall–Kier alpha value is -1.22. The van der Waals surface area contributed by atoms with Gasteiger partial charge in [-0.25, -0.2) is 0 Å². The van der Waals surface area contributed by atoms with Crippen molar-refractivity contribution in [1.82, 2.24) is 4.90 Å². The van der Waals surface area contributed by atoms with Crippen molar-refractivity contribution in [3.63, 3.8) is 0 Å². The minimum absolute atomic E-state index is 0.716. The van der Waals surface area contributed by atoms with Crippen LogP contribution >= 0.6 is 0 Å². The summed E-state index contributed by atoms with van der Waals surface area (Å²) >= 11 is 0. The summed E-state index contributed by atoms with van der Waals surface area (Å²) in [6.45, 7) is 8.72. The Bertz CT molecular complexity index is 357. The fourth-order valence-corrected chi connectivity index (χ4v) is 2.33. The first kappa shape index (κ1) is 12.2.